The Balaban J connectivity index is 2.81. The fourth-order valence-corrected chi connectivity index (χ4v) is 0.741. The molecule has 1 heterocycles. The van der Waals surface area contributed by atoms with Crippen molar-refractivity contribution in [1.29, 1.82) is 0 Å². The lowest BCUT2D eigenvalue weighted by Crippen LogP contribution is -2.23. The first kappa shape index (κ1) is 10.8. The van der Waals surface area contributed by atoms with Crippen molar-refractivity contribution >= 4 is 17.8 Å². The van der Waals surface area contributed by atoms with Gasteiger partial charge in [-0.3, -0.25) is 0 Å². The van der Waals surface area contributed by atoms with Crippen molar-refractivity contribution in [3.8, 4) is 0 Å². The summed E-state index contributed by atoms with van der Waals surface area (Å²) in [5.74, 6) is -1.09. The molecule has 0 saturated heterocycles. The van der Waals surface area contributed by atoms with Gasteiger partial charge in [-0.1, -0.05) is 0 Å². The number of nitrogens with two attached hydrogens (primary N) is 2. The summed E-state index contributed by atoms with van der Waals surface area (Å²) >= 11 is 0. The van der Waals surface area contributed by atoms with Crippen LogP contribution < -0.4 is 16.8 Å². The molecule has 0 aliphatic heterocycles. The number of hydrogen-bond acceptors (Lipinski definition) is 9. The van der Waals surface area contributed by atoms with E-state index in [4.69, 9.17) is 21.7 Å². The van der Waals surface area contributed by atoms with Crippen LogP contribution in [0.2, 0.25) is 0 Å². The predicted molar refractivity (Wildman–Crippen MR) is 51.6 cm³/mol. The van der Waals surface area contributed by atoms with Gasteiger partial charge in [0.2, 0.25) is 17.8 Å². The molecule has 1 aromatic heterocycles. The minimum Gasteiger partial charge on any atom is -0.512 e. The number of nitrogen functional groups attached to an aromatic ring is 2. The quantitative estimate of drug-likeness (QED) is 0.265. The number of aliphatic hydroxyl groups is 3. The van der Waals surface area contributed by atoms with Gasteiger partial charge in [-0.2, -0.15) is 15.0 Å². The molecular formula is C6H10N6O3. The smallest absolute Gasteiger partial charge is 0.231 e. The number of aromatic nitrogens is 3. The molecule has 9 heteroatoms. The third kappa shape index (κ3) is 2.84. The molecule has 1 rings (SSSR count). The van der Waals surface area contributed by atoms with Crippen molar-refractivity contribution in [3.63, 3.8) is 0 Å². The summed E-state index contributed by atoms with van der Waals surface area (Å²) in [5.41, 5.74) is 10.5. The zero-order valence-electron chi connectivity index (χ0n) is 7.49. The minimum absolute atomic E-state index is 0.124. The molecule has 0 amide bonds. The van der Waals surface area contributed by atoms with E-state index in [1.54, 1.807) is 0 Å². The lowest BCUT2D eigenvalue weighted by atomic mass is 10.5. The van der Waals surface area contributed by atoms with Crippen LogP contribution in [0, 0.1) is 0 Å². The van der Waals surface area contributed by atoms with E-state index >= 15 is 0 Å². The molecule has 8 N–H and O–H groups in total. The molecule has 0 spiro atoms. The molecule has 0 saturated carbocycles. The Morgan fingerprint density at radius 2 is 1.80 bits per heavy atom. The molecule has 0 aliphatic carbocycles. The normalized spacial score (nSPS) is 13.5. The second kappa shape index (κ2) is 4.28. The van der Waals surface area contributed by atoms with E-state index in [2.05, 4.69) is 20.3 Å². The number of hydrogen-bond donors (Lipinski definition) is 6. The van der Waals surface area contributed by atoms with E-state index in [9.17, 15) is 5.11 Å². The molecule has 82 valence electrons. The number of aliphatic hydroxyl groups excluding tert-OH is 3. The maximum atomic E-state index is 9.18. The third-order valence-corrected chi connectivity index (χ3v) is 1.35. The maximum Gasteiger partial charge on any atom is 0.231 e. The Kier molecular flexibility index (Phi) is 3.08. The first-order chi connectivity index (χ1) is 7.02. The monoisotopic (exact) mass is 214 g/mol. The number of nitrogens with zero attached hydrogens (tertiary/aromatic N) is 3. The van der Waals surface area contributed by atoms with Gasteiger partial charge in [0.25, 0.3) is 0 Å². The van der Waals surface area contributed by atoms with Crippen LogP contribution in [0.4, 0.5) is 17.8 Å². The second-order valence-electron chi connectivity index (χ2n) is 2.48. The predicted octanol–water partition coefficient (Wildman–Crippen LogP) is -1.28. The number of rotatable bonds is 3. The summed E-state index contributed by atoms with van der Waals surface area (Å²) in [5, 5.41) is 28.7. The Morgan fingerprint density at radius 1 is 1.27 bits per heavy atom. The number of nitrogens with one attached hydrogen (secondary N) is 1. The Labute approximate surface area is 84.1 Å². The average Bonchev–Trinajstić information content (AvgIpc) is 2.14. The molecule has 0 bridgehead atoms. The van der Waals surface area contributed by atoms with Gasteiger partial charge in [-0.25, -0.2) is 0 Å². The lowest BCUT2D eigenvalue weighted by molar-refractivity contribution is 0.167. The van der Waals surface area contributed by atoms with Crippen molar-refractivity contribution < 1.29 is 15.3 Å². The maximum absolute atomic E-state index is 9.18. The molecule has 0 aromatic carbocycles. The van der Waals surface area contributed by atoms with E-state index in [0.29, 0.717) is 6.26 Å². The van der Waals surface area contributed by atoms with Crippen molar-refractivity contribution in [1.82, 2.24) is 15.0 Å². The highest BCUT2D eigenvalue weighted by Gasteiger charge is 2.11. The van der Waals surface area contributed by atoms with Crippen molar-refractivity contribution in [2.24, 2.45) is 0 Å². The Hall–Kier alpha value is -2.29. The van der Waals surface area contributed by atoms with Crippen LogP contribution in [-0.2, 0) is 0 Å². The van der Waals surface area contributed by atoms with Gasteiger partial charge in [-0.05, 0) is 0 Å². The Bertz CT molecular complexity index is 361. The summed E-state index contributed by atoms with van der Waals surface area (Å²) in [4.78, 5) is 10.6. The fourth-order valence-electron chi connectivity index (χ4n) is 0.741. The molecular weight excluding hydrogens is 204 g/mol. The fraction of sp³-hybridized carbons (Fsp3) is 0.167. The van der Waals surface area contributed by atoms with Crippen LogP contribution >= 0.6 is 0 Å². The van der Waals surface area contributed by atoms with E-state index in [1.165, 1.54) is 0 Å². The summed E-state index contributed by atoms with van der Waals surface area (Å²) in [7, 11) is 0. The summed E-state index contributed by atoms with van der Waals surface area (Å²) in [6, 6.07) is 0. The molecule has 1 atom stereocenters. The van der Waals surface area contributed by atoms with Crippen molar-refractivity contribution in [2.45, 2.75) is 6.23 Å². The molecule has 15 heavy (non-hydrogen) atoms. The highest BCUT2D eigenvalue weighted by atomic mass is 16.3. The first-order valence-corrected chi connectivity index (χ1v) is 3.78. The standard InChI is InChI=1S/C6H10N6O3/c7-4-10-5(8)12-6(11-4)9-3(15)2(14)1-13/h1,3,13-15H,(H5,7,8,9,10,11,12). The molecule has 9 nitrogen and oxygen atoms in total. The van der Waals surface area contributed by atoms with E-state index in [0.717, 1.165) is 0 Å². The van der Waals surface area contributed by atoms with Crippen LogP contribution in [0.3, 0.4) is 0 Å². The summed E-state index contributed by atoms with van der Waals surface area (Å²) in [6.45, 7) is 0. The second-order valence-corrected chi connectivity index (χ2v) is 2.48. The van der Waals surface area contributed by atoms with Crippen molar-refractivity contribution in [2.75, 3.05) is 16.8 Å². The van der Waals surface area contributed by atoms with Crippen LogP contribution in [0.1, 0.15) is 0 Å². The van der Waals surface area contributed by atoms with Crippen LogP contribution in [0.5, 0.6) is 0 Å². The summed E-state index contributed by atoms with van der Waals surface area (Å²) in [6.07, 6.45) is -1.23. The van der Waals surface area contributed by atoms with Gasteiger partial charge in [0.05, 0.1) is 0 Å². The van der Waals surface area contributed by atoms with Gasteiger partial charge in [0, 0.05) is 0 Å². The first-order valence-electron chi connectivity index (χ1n) is 3.78. The molecule has 1 aromatic rings. The lowest BCUT2D eigenvalue weighted by Gasteiger charge is -2.11. The third-order valence-electron chi connectivity index (χ3n) is 1.35. The van der Waals surface area contributed by atoms with Gasteiger partial charge in [-0.15, -0.1) is 0 Å². The van der Waals surface area contributed by atoms with E-state index in [1.807, 2.05) is 0 Å². The highest BCUT2D eigenvalue weighted by Crippen LogP contribution is 2.06. The van der Waals surface area contributed by atoms with Crippen molar-refractivity contribution in [3.05, 3.63) is 12.0 Å². The van der Waals surface area contributed by atoms with Crippen LogP contribution in [0.15, 0.2) is 12.0 Å². The van der Waals surface area contributed by atoms with Gasteiger partial charge >= 0.3 is 0 Å². The number of anilines is 3. The van der Waals surface area contributed by atoms with Crippen LogP contribution in [-0.4, -0.2) is 36.5 Å². The molecule has 0 aliphatic rings. The SMILES string of the molecule is Nc1nc(N)nc(NC(O)C(O)=CO)n1. The largest absolute Gasteiger partial charge is 0.512 e. The van der Waals surface area contributed by atoms with Crippen LogP contribution in [0.25, 0.3) is 0 Å². The highest BCUT2D eigenvalue weighted by molar-refractivity contribution is 5.38. The average molecular weight is 214 g/mol. The topological polar surface area (TPSA) is 163 Å². The Morgan fingerprint density at radius 3 is 2.27 bits per heavy atom. The van der Waals surface area contributed by atoms with E-state index in [-0.39, 0.29) is 17.8 Å². The zero-order valence-corrected chi connectivity index (χ0v) is 7.49. The van der Waals surface area contributed by atoms with Gasteiger partial charge < -0.3 is 32.1 Å². The zero-order chi connectivity index (χ0) is 11.4. The summed E-state index contributed by atoms with van der Waals surface area (Å²) < 4.78 is 0. The van der Waals surface area contributed by atoms with Gasteiger partial charge in [0.1, 0.15) is 6.26 Å². The molecule has 1 unspecified atom stereocenters. The molecule has 0 fully saturated rings. The minimum atomic E-state index is -1.56. The molecule has 0 radical (unpaired) electrons. The van der Waals surface area contributed by atoms with E-state index < -0.39 is 12.0 Å². The van der Waals surface area contributed by atoms with Gasteiger partial charge in [0.15, 0.2) is 12.0 Å².